The highest BCUT2D eigenvalue weighted by Gasteiger charge is 2.05. The van der Waals surface area contributed by atoms with Crippen molar-refractivity contribution in [3.05, 3.63) is 52.5 Å². The number of aryl methyl sites for hydroxylation is 1. The van der Waals surface area contributed by atoms with Gasteiger partial charge >= 0.3 is 6.03 Å². The predicted octanol–water partition coefficient (Wildman–Crippen LogP) is 5.25. The van der Waals surface area contributed by atoms with Crippen molar-refractivity contribution in [2.24, 2.45) is 0 Å². The molecule has 0 aliphatic heterocycles. The van der Waals surface area contributed by atoms with Crippen LogP contribution in [0.2, 0.25) is 0 Å². The maximum Gasteiger partial charge on any atom is 0.323 e. The van der Waals surface area contributed by atoms with Gasteiger partial charge in [-0.3, -0.25) is 0 Å². The van der Waals surface area contributed by atoms with Crippen molar-refractivity contribution in [2.75, 3.05) is 28.6 Å². The van der Waals surface area contributed by atoms with Crippen LogP contribution in [0.3, 0.4) is 0 Å². The van der Waals surface area contributed by atoms with E-state index in [1.807, 2.05) is 49.4 Å². The minimum Gasteiger partial charge on any atom is -0.372 e. The van der Waals surface area contributed by atoms with Crippen molar-refractivity contribution in [1.82, 2.24) is 0 Å². The Morgan fingerprint density at radius 3 is 2.13 bits per heavy atom. The molecule has 0 aromatic heterocycles. The third kappa shape index (κ3) is 4.73. The number of amides is 2. The van der Waals surface area contributed by atoms with Gasteiger partial charge in [0.05, 0.1) is 0 Å². The maximum atomic E-state index is 12.1. The van der Waals surface area contributed by atoms with Crippen LogP contribution in [-0.2, 0) is 0 Å². The van der Waals surface area contributed by atoms with Crippen LogP contribution in [0.15, 0.2) is 46.9 Å². The highest BCUT2D eigenvalue weighted by molar-refractivity contribution is 9.10. The number of rotatable bonds is 5. The van der Waals surface area contributed by atoms with Crippen LogP contribution in [0.4, 0.5) is 21.9 Å². The van der Waals surface area contributed by atoms with E-state index in [0.29, 0.717) is 0 Å². The second kappa shape index (κ2) is 8.02. The number of benzene rings is 2. The van der Waals surface area contributed by atoms with Crippen LogP contribution in [0.5, 0.6) is 0 Å². The van der Waals surface area contributed by atoms with Crippen molar-refractivity contribution in [3.8, 4) is 0 Å². The molecular formula is C18H22BrN3O. The summed E-state index contributed by atoms with van der Waals surface area (Å²) in [4.78, 5) is 14.3. The standard InChI is InChI=1S/C18H22BrN3O/c1-4-22(5-2)16-10-8-14(9-11-16)20-18(23)21-15-7-6-13(3)17(19)12-15/h6-12H,4-5H2,1-3H3,(H2,20,21,23). The fourth-order valence-corrected chi connectivity index (χ4v) is 2.69. The first-order valence-corrected chi connectivity index (χ1v) is 8.52. The highest BCUT2D eigenvalue weighted by Crippen LogP contribution is 2.21. The Hall–Kier alpha value is -2.01. The van der Waals surface area contributed by atoms with Gasteiger partial charge in [-0.05, 0) is 62.7 Å². The molecule has 0 radical (unpaired) electrons. The number of hydrogen-bond acceptors (Lipinski definition) is 2. The molecule has 0 saturated heterocycles. The van der Waals surface area contributed by atoms with E-state index in [9.17, 15) is 4.79 Å². The molecule has 2 aromatic carbocycles. The lowest BCUT2D eigenvalue weighted by atomic mass is 10.2. The molecule has 0 aliphatic rings. The summed E-state index contributed by atoms with van der Waals surface area (Å²) < 4.78 is 0.971. The Labute approximate surface area is 146 Å². The first-order valence-electron chi connectivity index (χ1n) is 7.72. The average molecular weight is 376 g/mol. The van der Waals surface area contributed by atoms with Gasteiger partial charge in [0.25, 0.3) is 0 Å². The van der Waals surface area contributed by atoms with Crippen LogP contribution in [0, 0.1) is 6.92 Å². The number of nitrogens with zero attached hydrogens (tertiary/aromatic N) is 1. The van der Waals surface area contributed by atoms with Gasteiger partial charge in [-0.1, -0.05) is 22.0 Å². The SMILES string of the molecule is CCN(CC)c1ccc(NC(=O)Nc2ccc(C)c(Br)c2)cc1. The van der Waals surface area contributed by atoms with Crippen LogP contribution in [-0.4, -0.2) is 19.1 Å². The molecule has 2 rings (SSSR count). The predicted molar refractivity (Wildman–Crippen MR) is 102 cm³/mol. The number of halogens is 1. The van der Waals surface area contributed by atoms with Gasteiger partial charge in [0.2, 0.25) is 0 Å². The number of carbonyl (C=O) groups is 1. The van der Waals surface area contributed by atoms with E-state index in [1.54, 1.807) is 0 Å². The first kappa shape index (κ1) is 17.3. The second-order valence-electron chi connectivity index (χ2n) is 5.26. The summed E-state index contributed by atoms with van der Waals surface area (Å²) in [7, 11) is 0. The summed E-state index contributed by atoms with van der Waals surface area (Å²) in [6.07, 6.45) is 0. The molecular weight excluding hydrogens is 354 g/mol. The summed E-state index contributed by atoms with van der Waals surface area (Å²) in [5.74, 6) is 0. The van der Waals surface area contributed by atoms with Crippen molar-refractivity contribution in [3.63, 3.8) is 0 Å². The molecule has 0 bridgehead atoms. The smallest absolute Gasteiger partial charge is 0.323 e. The summed E-state index contributed by atoms with van der Waals surface area (Å²) in [6, 6.07) is 13.3. The van der Waals surface area contributed by atoms with Crippen molar-refractivity contribution < 1.29 is 4.79 Å². The van der Waals surface area contributed by atoms with E-state index in [0.717, 1.165) is 40.2 Å². The molecule has 0 fully saturated rings. The minimum absolute atomic E-state index is 0.253. The zero-order chi connectivity index (χ0) is 16.8. The van der Waals surface area contributed by atoms with Crippen molar-refractivity contribution in [1.29, 1.82) is 0 Å². The topological polar surface area (TPSA) is 44.4 Å². The summed E-state index contributed by atoms with van der Waals surface area (Å²) in [5.41, 5.74) is 3.80. The minimum atomic E-state index is -0.253. The molecule has 122 valence electrons. The second-order valence-corrected chi connectivity index (χ2v) is 6.12. The zero-order valence-corrected chi connectivity index (χ0v) is 15.3. The lowest BCUT2D eigenvalue weighted by Gasteiger charge is -2.21. The van der Waals surface area contributed by atoms with Crippen molar-refractivity contribution >= 4 is 39.0 Å². The molecule has 0 atom stereocenters. The molecule has 0 heterocycles. The normalized spacial score (nSPS) is 10.3. The first-order chi connectivity index (χ1) is 11.0. The number of anilines is 3. The van der Waals surface area contributed by atoms with Crippen molar-refractivity contribution in [2.45, 2.75) is 20.8 Å². The number of hydrogen-bond donors (Lipinski definition) is 2. The lowest BCUT2D eigenvalue weighted by molar-refractivity contribution is 0.262. The van der Waals surface area contributed by atoms with E-state index in [-0.39, 0.29) is 6.03 Å². The lowest BCUT2D eigenvalue weighted by Crippen LogP contribution is -2.22. The van der Waals surface area contributed by atoms with Gasteiger partial charge < -0.3 is 15.5 Å². The summed E-state index contributed by atoms with van der Waals surface area (Å²) >= 11 is 3.46. The quantitative estimate of drug-likeness (QED) is 0.749. The fourth-order valence-electron chi connectivity index (χ4n) is 2.31. The van der Waals surface area contributed by atoms with Gasteiger partial charge in [-0.2, -0.15) is 0 Å². The Bertz CT molecular complexity index is 666. The van der Waals surface area contributed by atoms with Crippen LogP contribution in [0.25, 0.3) is 0 Å². The Kier molecular flexibility index (Phi) is 6.04. The van der Waals surface area contributed by atoms with E-state index in [1.165, 1.54) is 0 Å². The van der Waals surface area contributed by atoms with Crippen LogP contribution < -0.4 is 15.5 Å². The molecule has 0 aliphatic carbocycles. The van der Waals surface area contributed by atoms with Crippen LogP contribution in [0.1, 0.15) is 19.4 Å². The number of nitrogens with one attached hydrogen (secondary N) is 2. The van der Waals surface area contributed by atoms with E-state index < -0.39 is 0 Å². The molecule has 0 spiro atoms. The molecule has 0 saturated carbocycles. The molecule has 5 heteroatoms. The van der Waals surface area contributed by atoms with E-state index in [4.69, 9.17) is 0 Å². The van der Waals surface area contributed by atoms with Crippen LogP contribution >= 0.6 is 15.9 Å². The third-order valence-corrected chi connectivity index (χ3v) is 4.54. The molecule has 23 heavy (non-hydrogen) atoms. The molecule has 4 nitrogen and oxygen atoms in total. The Balaban J connectivity index is 1.98. The number of carbonyl (C=O) groups excluding carboxylic acids is 1. The van der Waals surface area contributed by atoms with E-state index >= 15 is 0 Å². The molecule has 0 unspecified atom stereocenters. The van der Waals surface area contributed by atoms with Gasteiger partial charge in [0, 0.05) is 34.6 Å². The average Bonchev–Trinajstić information content (AvgIpc) is 2.53. The molecule has 2 amide bonds. The number of urea groups is 1. The maximum absolute atomic E-state index is 12.1. The zero-order valence-electron chi connectivity index (χ0n) is 13.7. The summed E-state index contributed by atoms with van der Waals surface area (Å²) in [5, 5.41) is 5.67. The Morgan fingerprint density at radius 1 is 1.00 bits per heavy atom. The Morgan fingerprint density at radius 2 is 1.57 bits per heavy atom. The van der Waals surface area contributed by atoms with E-state index in [2.05, 4.69) is 45.3 Å². The molecule has 2 aromatic rings. The van der Waals surface area contributed by atoms with Gasteiger partial charge in [-0.25, -0.2) is 4.79 Å². The largest absolute Gasteiger partial charge is 0.372 e. The van der Waals surface area contributed by atoms with Gasteiger partial charge in [-0.15, -0.1) is 0 Å². The third-order valence-electron chi connectivity index (χ3n) is 3.68. The van der Waals surface area contributed by atoms with Gasteiger partial charge in [0.1, 0.15) is 0 Å². The summed E-state index contributed by atoms with van der Waals surface area (Å²) in [6.45, 7) is 8.19. The van der Waals surface area contributed by atoms with Gasteiger partial charge in [0.15, 0.2) is 0 Å². The monoisotopic (exact) mass is 375 g/mol. The highest BCUT2D eigenvalue weighted by atomic mass is 79.9. The molecule has 2 N–H and O–H groups in total. The fraction of sp³-hybridized carbons (Fsp3) is 0.278.